The van der Waals surface area contributed by atoms with Gasteiger partial charge >= 0.3 is 0 Å². The van der Waals surface area contributed by atoms with E-state index in [1.54, 1.807) is 6.07 Å². The molecular weight excluding hydrogens is 174 g/mol. The van der Waals surface area contributed by atoms with E-state index in [4.69, 9.17) is 0 Å². The summed E-state index contributed by atoms with van der Waals surface area (Å²) in [4.78, 5) is 0. The van der Waals surface area contributed by atoms with Gasteiger partial charge in [-0.05, 0) is 49.1 Å². The van der Waals surface area contributed by atoms with E-state index in [-0.39, 0.29) is 0 Å². The molecule has 1 saturated heterocycles. The third-order valence-electron chi connectivity index (χ3n) is 2.94. The van der Waals surface area contributed by atoms with Gasteiger partial charge in [-0.3, -0.25) is 0 Å². The van der Waals surface area contributed by atoms with Crippen LogP contribution in [-0.4, -0.2) is 11.7 Å². The monoisotopic (exact) mass is 191 g/mol. The molecule has 2 N–H and O–H groups in total. The molecule has 0 saturated carbocycles. The van der Waals surface area contributed by atoms with E-state index in [1.807, 2.05) is 6.07 Å². The van der Waals surface area contributed by atoms with Crippen LogP contribution >= 0.6 is 0 Å². The van der Waals surface area contributed by atoms with Gasteiger partial charge in [-0.15, -0.1) is 0 Å². The first-order valence-corrected chi connectivity index (χ1v) is 5.36. The Balaban J connectivity index is 2.31. The largest absolute Gasteiger partial charge is 0.508 e. The Morgan fingerprint density at radius 3 is 3.00 bits per heavy atom. The lowest BCUT2D eigenvalue weighted by Gasteiger charge is -2.15. The standard InChI is InChI=1S/C12H17NO/c1-2-9-8-10(14)5-6-11(9)12-4-3-7-13-12/h5-6,8,12-14H,2-4,7H2,1H3. The number of aryl methyl sites for hydroxylation is 1. The van der Waals surface area contributed by atoms with Crippen LogP contribution < -0.4 is 5.32 Å². The van der Waals surface area contributed by atoms with Crippen LogP contribution in [0.25, 0.3) is 0 Å². The number of hydrogen-bond donors (Lipinski definition) is 2. The van der Waals surface area contributed by atoms with E-state index in [1.165, 1.54) is 24.0 Å². The number of nitrogens with one attached hydrogen (secondary N) is 1. The number of phenols is 1. The lowest BCUT2D eigenvalue weighted by molar-refractivity contribution is 0.473. The Bertz CT molecular complexity index is 316. The fourth-order valence-corrected chi connectivity index (χ4v) is 2.19. The number of phenolic OH excluding ortho intramolecular Hbond substituents is 1. The summed E-state index contributed by atoms with van der Waals surface area (Å²) in [5, 5.41) is 12.9. The molecule has 2 heteroatoms. The third kappa shape index (κ3) is 1.75. The third-order valence-corrected chi connectivity index (χ3v) is 2.94. The van der Waals surface area contributed by atoms with Crippen molar-refractivity contribution in [1.29, 1.82) is 0 Å². The maximum Gasteiger partial charge on any atom is 0.115 e. The van der Waals surface area contributed by atoms with E-state index in [9.17, 15) is 5.11 Å². The lowest BCUT2D eigenvalue weighted by atomic mass is 9.97. The van der Waals surface area contributed by atoms with Gasteiger partial charge in [0.1, 0.15) is 5.75 Å². The molecule has 1 aromatic carbocycles. The van der Waals surface area contributed by atoms with Crippen LogP contribution in [0.4, 0.5) is 0 Å². The fourth-order valence-electron chi connectivity index (χ4n) is 2.19. The minimum atomic E-state index is 0.378. The summed E-state index contributed by atoms with van der Waals surface area (Å²) in [5.74, 6) is 0.378. The van der Waals surface area contributed by atoms with Crippen molar-refractivity contribution in [3.05, 3.63) is 29.3 Å². The molecule has 0 spiro atoms. The van der Waals surface area contributed by atoms with Crippen LogP contribution in [0.15, 0.2) is 18.2 Å². The topological polar surface area (TPSA) is 32.3 Å². The molecular formula is C12H17NO. The Hall–Kier alpha value is -1.02. The zero-order valence-electron chi connectivity index (χ0n) is 8.59. The van der Waals surface area contributed by atoms with E-state index in [2.05, 4.69) is 18.3 Å². The summed E-state index contributed by atoms with van der Waals surface area (Å²) in [7, 11) is 0. The second-order valence-electron chi connectivity index (χ2n) is 3.89. The Labute approximate surface area is 85.0 Å². The average Bonchev–Trinajstić information content (AvgIpc) is 2.70. The normalized spacial score (nSPS) is 21.4. The highest BCUT2D eigenvalue weighted by Crippen LogP contribution is 2.28. The van der Waals surface area contributed by atoms with E-state index >= 15 is 0 Å². The molecule has 0 aromatic heterocycles. The molecule has 1 aliphatic heterocycles. The number of benzene rings is 1. The van der Waals surface area contributed by atoms with Gasteiger partial charge < -0.3 is 10.4 Å². The van der Waals surface area contributed by atoms with Crippen molar-refractivity contribution < 1.29 is 5.11 Å². The second kappa shape index (κ2) is 4.01. The first-order valence-electron chi connectivity index (χ1n) is 5.36. The molecule has 2 nitrogen and oxygen atoms in total. The minimum absolute atomic E-state index is 0.378. The van der Waals surface area contributed by atoms with Crippen LogP contribution in [0.3, 0.4) is 0 Å². The highest BCUT2D eigenvalue weighted by atomic mass is 16.3. The van der Waals surface area contributed by atoms with Crippen LogP contribution in [0.2, 0.25) is 0 Å². The van der Waals surface area contributed by atoms with Gasteiger partial charge in [-0.2, -0.15) is 0 Å². The summed E-state index contributed by atoms with van der Waals surface area (Å²) >= 11 is 0. The van der Waals surface area contributed by atoms with Crippen LogP contribution in [0, 0.1) is 0 Å². The molecule has 1 atom stereocenters. The Morgan fingerprint density at radius 2 is 2.36 bits per heavy atom. The maximum absolute atomic E-state index is 9.39. The van der Waals surface area contributed by atoms with Crippen LogP contribution in [-0.2, 0) is 6.42 Å². The molecule has 1 aliphatic rings. The smallest absolute Gasteiger partial charge is 0.115 e. The van der Waals surface area contributed by atoms with Gasteiger partial charge in [-0.25, -0.2) is 0 Å². The molecule has 76 valence electrons. The predicted octanol–water partition coefficient (Wildman–Crippen LogP) is 2.38. The molecule has 1 aromatic rings. The van der Waals surface area contributed by atoms with Crippen molar-refractivity contribution >= 4 is 0 Å². The van der Waals surface area contributed by atoms with E-state index in [0.29, 0.717) is 11.8 Å². The van der Waals surface area contributed by atoms with Crippen molar-refractivity contribution in [3.8, 4) is 5.75 Å². The van der Waals surface area contributed by atoms with Gasteiger partial charge in [0.05, 0.1) is 0 Å². The molecule has 2 rings (SSSR count). The summed E-state index contributed by atoms with van der Waals surface area (Å²) in [5.41, 5.74) is 2.63. The molecule has 0 amide bonds. The summed E-state index contributed by atoms with van der Waals surface area (Å²) in [6.45, 7) is 3.25. The highest BCUT2D eigenvalue weighted by Gasteiger charge is 2.18. The summed E-state index contributed by atoms with van der Waals surface area (Å²) in [6, 6.07) is 6.23. The maximum atomic E-state index is 9.39. The van der Waals surface area contributed by atoms with E-state index < -0.39 is 0 Å². The highest BCUT2D eigenvalue weighted by molar-refractivity contribution is 5.37. The molecule has 1 unspecified atom stereocenters. The summed E-state index contributed by atoms with van der Waals surface area (Å²) in [6.07, 6.45) is 3.47. The Kier molecular flexibility index (Phi) is 2.73. The zero-order valence-corrected chi connectivity index (χ0v) is 8.59. The van der Waals surface area contributed by atoms with Crippen molar-refractivity contribution in [2.75, 3.05) is 6.54 Å². The molecule has 0 bridgehead atoms. The Morgan fingerprint density at radius 1 is 1.50 bits per heavy atom. The van der Waals surface area contributed by atoms with E-state index in [0.717, 1.165) is 13.0 Å². The molecule has 1 fully saturated rings. The van der Waals surface area contributed by atoms with Crippen LogP contribution in [0.1, 0.15) is 36.9 Å². The van der Waals surface area contributed by atoms with Crippen molar-refractivity contribution in [2.24, 2.45) is 0 Å². The number of rotatable bonds is 2. The lowest BCUT2D eigenvalue weighted by Crippen LogP contribution is -2.14. The molecule has 1 heterocycles. The quantitative estimate of drug-likeness (QED) is 0.752. The first kappa shape index (κ1) is 9.53. The van der Waals surface area contributed by atoms with Crippen LogP contribution in [0.5, 0.6) is 5.75 Å². The number of aromatic hydroxyl groups is 1. The SMILES string of the molecule is CCc1cc(O)ccc1C1CCCN1. The molecule has 14 heavy (non-hydrogen) atoms. The minimum Gasteiger partial charge on any atom is -0.508 e. The summed E-state index contributed by atoms with van der Waals surface area (Å²) < 4.78 is 0. The molecule has 0 radical (unpaired) electrons. The van der Waals surface area contributed by atoms with Gasteiger partial charge in [0.25, 0.3) is 0 Å². The second-order valence-corrected chi connectivity index (χ2v) is 3.89. The van der Waals surface area contributed by atoms with Crippen molar-refractivity contribution in [1.82, 2.24) is 5.32 Å². The molecule has 0 aliphatic carbocycles. The van der Waals surface area contributed by atoms with Gasteiger partial charge in [0.15, 0.2) is 0 Å². The van der Waals surface area contributed by atoms with Crippen molar-refractivity contribution in [2.45, 2.75) is 32.2 Å². The fraction of sp³-hybridized carbons (Fsp3) is 0.500. The first-order chi connectivity index (χ1) is 6.81. The van der Waals surface area contributed by atoms with Gasteiger partial charge in [0.2, 0.25) is 0 Å². The number of hydrogen-bond acceptors (Lipinski definition) is 2. The van der Waals surface area contributed by atoms with Crippen molar-refractivity contribution in [3.63, 3.8) is 0 Å². The zero-order chi connectivity index (χ0) is 9.97. The van der Waals surface area contributed by atoms with Gasteiger partial charge in [-0.1, -0.05) is 13.0 Å². The van der Waals surface area contributed by atoms with Gasteiger partial charge in [0, 0.05) is 6.04 Å². The average molecular weight is 191 g/mol. The predicted molar refractivity (Wildman–Crippen MR) is 57.5 cm³/mol.